The van der Waals surface area contributed by atoms with Crippen LogP contribution in [0.3, 0.4) is 0 Å². The first-order chi connectivity index (χ1) is 8.97. The molecule has 106 valence electrons. The van der Waals surface area contributed by atoms with Gasteiger partial charge >= 0.3 is 0 Å². The average Bonchev–Trinajstić information content (AvgIpc) is 3.05. The van der Waals surface area contributed by atoms with E-state index < -0.39 is 12.0 Å². The lowest BCUT2D eigenvalue weighted by atomic mass is 9.67. The van der Waals surface area contributed by atoms with Crippen molar-refractivity contribution in [1.29, 1.82) is 0 Å². The van der Waals surface area contributed by atoms with Crippen molar-refractivity contribution in [3.8, 4) is 0 Å². The number of alkyl halides is 2. The van der Waals surface area contributed by atoms with Crippen molar-refractivity contribution >= 4 is 0 Å². The zero-order valence-electron chi connectivity index (χ0n) is 11.3. The topological polar surface area (TPSA) is 20.2 Å². The summed E-state index contributed by atoms with van der Waals surface area (Å²) >= 11 is 0. The Morgan fingerprint density at radius 1 is 1.16 bits per heavy atom. The van der Waals surface area contributed by atoms with Gasteiger partial charge in [-0.05, 0) is 74.0 Å². The Balaban J connectivity index is 1.52. The van der Waals surface area contributed by atoms with Crippen molar-refractivity contribution in [3.63, 3.8) is 0 Å². The molecule has 1 N–H and O–H groups in total. The lowest BCUT2D eigenvalue weighted by Crippen LogP contribution is -2.39. The fourth-order valence-electron chi connectivity index (χ4n) is 6.01. The second-order valence-corrected chi connectivity index (χ2v) is 7.62. The smallest absolute Gasteiger partial charge is 0.266 e. The molecule has 4 aliphatic carbocycles. The normalized spacial score (nSPS) is 53.0. The van der Waals surface area contributed by atoms with E-state index in [0.29, 0.717) is 17.8 Å². The molecular weight excluding hydrogens is 246 g/mol. The van der Waals surface area contributed by atoms with Crippen LogP contribution < -0.4 is 0 Å². The van der Waals surface area contributed by atoms with Crippen molar-refractivity contribution in [2.45, 2.75) is 44.6 Å². The zero-order valence-corrected chi connectivity index (χ0v) is 11.3. The minimum absolute atomic E-state index is 0.288. The highest BCUT2D eigenvalue weighted by atomic mass is 19.3. The van der Waals surface area contributed by atoms with E-state index >= 15 is 0 Å². The van der Waals surface area contributed by atoms with Crippen LogP contribution >= 0.6 is 0 Å². The Labute approximate surface area is 113 Å². The van der Waals surface area contributed by atoms with Crippen molar-refractivity contribution in [3.05, 3.63) is 12.2 Å². The van der Waals surface area contributed by atoms with Crippen molar-refractivity contribution in [2.24, 2.45) is 41.4 Å². The van der Waals surface area contributed by atoms with Gasteiger partial charge in [0, 0.05) is 0 Å². The first-order valence-corrected chi connectivity index (χ1v) is 7.66. The van der Waals surface area contributed by atoms with E-state index in [9.17, 15) is 13.9 Å². The van der Waals surface area contributed by atoms with Crippen LogP contribution in [-0.4, -0.2) is 17.1 Å². The molecular formula is C16H22F2O. The molecule has 4 rings (SSSR count). The third kappa shape index (κ3) is 1.60. The Morgan fingerprint density at radius 2 is 1.84 bits per heavy atom. The second-order valence-electron chi connectivity index (χ2n) is 7.62. The van der Waals surface area contributed by atoms with Crippen molar-refractivity contribution in [1.82, 2.24) is 0 Å². The molecule has 3 fully saturated rings. The summed E-state index contributed by atoms with van der Waals surface area (Å²) in [5, 5.41) is 9.89. The molecule has 0 aromatic carbocycles. The molecule has 3 heteroatoms. The van der Waals surface area contributed by atoms with Gasteiger partial charge in [0.2, 0.25) is 0 Å². The summed E-state index contributed by atoms with van der Waals surface area (Å²) in [6.45, 7) is 1.31. The zero-order chi connectivity index (χ0) is 13.4. The van der Waals surface area contributed by atoms with E-state index in [-0.39, 0.29) is 6.42 Å². The van der Waals surface area contributed by atoms with Gasteiger partial charge in [0.05, 0.1) is 0 Å². The first kappa shape index (κ1) is 12.3. The third-order valence-electron chi connectivity index (χ3n) is 6.55. The van der Waals surface area contributed by atoms with Gasteiger partial charge < -0.3 is 5.11 Å². The number of aliphatic hydroxyl groups is 1. The van der Waals surface area contributed by atoms with Crippen LogP contribution in [0.2, 0.25) is 0 Å². The minimum atomic E-state index is -2.62. The molecule has 4 aliphatic rings. The van der Waals surface area contributed by atoms with E-state index in [0.717, 1.165) is 30.1 Å². The third-order valence-corrected chi connectivity index (χ3v) is 6.55. The summed E-state index contributed by atoms with van der Waals surface area (Å²) in [6.07, 6.45) is 6.05. The monoisotopic (exact) mass is 268 g/mol. The van der Waals surface area contributed by atoms with Crippen LogP contribution in [0.15, 0.2) is 12.2 Å². The molecule has 8 atom stereocenters. The molecule has 19 heavy (non-hydrogen) atoms. The molecule has 4 bridgehead atoms. The summed E-state index contributed by atoms with van der Waals surface area (Å²) in [7, 11) is 0. The average molecular weight is 268 g/mol. The number of hydrogen-bond donors (Lipinski definition) is 1. The highest BCUT2D eigenvalue weighted by molar-refractivity contribution is 5.20. The fourth-order valence-corrected chi connectivity index (χ4v) is 6.01. The number of allylic oxidation sites excluding steroid dienone is 2. The molecule has 3 saturated carbocycles. The lowest BCUT2D eigenvalue weighted by Gasteiger charge is -2.39. The largest absolute Gasteiger partial charge is 0.384 e. The van der Waals surface area contributed by atoms with E-state index in [2.05, 4.69) is 12.2 Å². The summed E-state index contributed by atoms with van der Waals surface area (Å²) in [5.41, 5.74) is -1.79. The van der Waals surface area contributed by atoms with E-state index in [1.54, 1.807) is 0 Å². The van der Waals surface area contributed by atoms with E-state index in [4.69, 9.17) is 0 Å². The number of fused-ring (bicyclic) bond motifs is 9. The van der Waals surface area contributed by atoms with Crippen LogP contribution in [-0.2, 0) is 0 Å². The molecule has 0 heterocycles. The number of hydrogen-bond acceptors (Lipinski definition) is 1. The minimum Gasteiger partial charge on any atom is -0.384 e. The lowest BCUT2D eigenvalue weighted by molar-refractivity contribution is -0.103. The van der Waals surface area contributed by atoms with Gasteiger partial charge in [0.15, 0.2) is 0 Å². The number of halogens is 2. The highest BCUT2D eigenvalue weighted by Gasteiger charge is 2.61. The van der Waals surface area contributed by atoms with Crippen LogP contribution in [0.4, 0.5) is 8.78 Å². The molecule has 0 radical (unpaired) electrons. The predicted molar refractivity (Wildman–Crippen MR) is 68.7 cm³/mol. The van der Waals surface area contributed by atoms with Gasteiger partial charge in [-0.1, -0.05) is 12.2 Å². The van der Waals surface area contributed by atoms with E-state index in [1.165, 1.54) is 19.8 Å². The molecule has 0 aliphatic heterocycles. The van der Waals surface area contributed by atoms with Gasteiger partial charge in [-0.2, -0.15) is 0 Å². The molecule has 0 spiro atoms. The Kier molecular flexibility index (Phi) is 2.47. The van der Waals surface area contributed by atoms with Crippen molar-refractivity contribution < 1.29 is 13.9 Å². The molecule has 0 aromatic rings. The van der Waals surface area contributed by atoms with Gasteiger partial charge in [0.1, 0.15) is 5.60 Å². The fraction of sp³-hybridized carbons (Fsp3) is 0.875. The van der Waals surface area contributed by atoms with E-state index in [1.807, 2.05) is 0 Å². The summed E-state index contributed by atoms with van der Waals surface area (Å²) in [5.74, 6) is 4.74. The maximum atomic E-state index is 12.9. The first-order valence-electron chi connectivity index (χ1n) is 7.66. The van der Waals surface area contributed by atoms with Crippen LogP contribution in [0.1, 0.15) is 32.6 Å². The Bertz CT molecular complexity index is 417. The Hall–Kier alpha value is -0.440. The van der Waals surface area contributed by atoms with Gasteiger partial charge in [-0.15, -0.1) is 0 Å². The SMILES string of the molecule is CC(O)(CC1CC2CC1C1C3C=CC(C3)C21)C(F)F. The second kappa shape index (κ2) is 3.81. The quantitative estimate of drug-likeness (QED) is 0.613. The van der Waals surface area contributed by atoms with Crippen LogP contribution in [0, 0.1) is 41.4 Å². The van der Waals surface area contributed by atoms with Crippen molar-refractivity contribution in [2.75, 3.05) is 0 Å². The van der Waals surface area contributed by atoms with Crippen LogP contribution in [0.25, 0.3) is 0 Å². The standard InChI is InChI=1S/C16H22F2O/c1-16(19,15(17)18)7-11-5-10-6-12(11)14-9-3-2-8(4-9)13(10)14/h2-3,8-15,19H,4-7H2,1H3. The predicted octanol–water partition coefficient (Wildman–Crippen LogP) is 3.49. The molecule has 8 unspecified atom stereocenters. The Morgan fingerprint density at radius 3 is 2.53 bits per heavy atom. The maximum Gasteiger partial charge on any atom is 0.266 e. The maximum absolute atomic E-state index is 12.9. The van der Waals surface area contributed by atoms with Crippen LogP contribution in [0.5, 0.6) is 0 Å². The van der Waals surface area contributed by atoms with Gasteiger partial charge in [-0.25, -0.2) is 8.78 Å². The van der Waals surface area contributed by atoms with Gasteiger partial charge in [-0.3, -0.25) is 0 Å². The highest BCUT2D eigenvalue weighted by Crippen LogP contribution is 2.67. The molecule has 0 amide bonds. The summed E-state index contributed by atoms with van der Waals surface area (Å²) in [6, 6.07) is 0. The molecule has 1 nitrogen and oxygen atoms in total. The summed E-state index contributed by atoms with van der Waals surface area (Å²) in [4.78, 5) is 0. The molecule has 0 saturated heterocycles. The summed E-state index contributed by atoms with van der Waals surface area (Å²) < 4.78 is 25.7. The number of rotatable bonds is 3. The molecule has 0 aromatic heterocycles. The van der Waals surface area contributed by atoms with Gasteiger partial charge in [0.25, 0.3) is 6.43 Å².